The Kier molecular flexibility index (Phi) is 5.79. The highest BCUT2D eigenvalue weighted by Crippen LogP contribution is 2.34. The van der Waals surface area contributed by atoms with Gasteiger partial charge in [0, 0.05) is 11.1 Å². The standard InChI is InChI=1S/C20H18BrN3O4/c1-11-6-15(14-9-13(27-2)4-5-17(14)23-11)20(26)24-22-10-12-7-16(21)19(25)18(8-12)28-3/h4-10,25H,1-3H3,(H,24,26)/b22-10+. The SMILES string of the molecule is COc1ccc2nc(C)cc(C(=O)N/N=C/c3cc(Br)c(O)c(OC)c3)c2c1. The van der Waals surface area contributed by atoms with Crippen LogP contribution in [0.2, 0.25) is 0 Å². The van der Waals surface area contributed by atoms with Crippen molar-refractivity contribution >= 4 is 39.0 Å². The number of fused-ring (bicyclic) bond motifs is 1. The van der Waals surface area contributed by atoms with E-state index in [0.29, 0.717) is 38.0 Å². The lowest BCUT2D eigenvalue weighted by Gasteiger charge is -2.08. The molecule has 0 fully saturated rings. The number of phenolic OH excluding ortho intramolecular Hbond substituents is 1. The molecular weight excluding hydrogens is 426 g/mol. The average molecular weight is 444 g/mol. The molecule has 0 unspecified atom stereocenters. The highest BCUT2D eigenvalue weighted by molar-refractivity contribution is 9.10. The first-order chi connectivity index (χ1) is 13.4. The number of carbonyl (C=O) groups excluding carboxylic acids is 1. The molecule has 0 aliphatic carbocycles. The minimum atomic E-state index is -0.371. The summed E-state index contributed by atoms with van der Waals surface area (Å²) in [4.78, 5) is 17.1. The van der Waals surface area contributed by atoms with Gasteiger partial charge in [-0.15, -0.1) is 0 Å². The van der Waals surface area contributed by atoms with Crippen molar-refractivity contribution in [2.24, 2.45) is 5.10 Å². The molecule has 0 saturated heterocycles. The Balaban J connectivity index is 1.87. The summed E-state index contributed by atoms with van der Waals surface area (Å²) < 4.78 is 10.8. The van der Waals surface area contributed by atoms with Crippen LogP contribution in [0.1, 0.15) is 21.6 Å². The molecule has 2 N–H and O–H groups in total. The van der Waals surface area contributed by atoms with Gasteiger partial charge in [0.25, 0.3) is 5.91 Å². The van der Waals surface area contributed by atoms with E-state index < -0.39 is 0 Å². The Labute approximate surface area is 170 Å². The summed E-state index contributed by atoms with van der Waals surface area (Å²) in [7, 11) is 3.02. The van der Waals surface area contributed by atoms with Crippen molar-refractivity contribution < 1.29 is 19.4 Å². The highest BCUT2D eigenvalue weighted by atomic mass is 79.9. The lowest BCUT2D eigenvalue weighted by molar-refractivity contribution is 0.0956. The lowest BCUT2D eigenvalue weighted by Crippen LogP contribution is -2.18. The van der Waals surface area contributed by atoms with Crippen molar-refractivity contribution in [3.8, 4) is 17.2 Å². The number of aromatic hydroxyl groups is 1. The molecule has 1 aromatic heterocycles. The number of aromatic nitrogens is 1. The minimum absolute atomic E-state index is 0.00337. The van der Waals surface area contributed by atoms with Crippen molar-refractivity contribution in [3.05, 3.63) is 57.7 Å². The Morgan fingerprint density at radius 3 is 2.71 bits per heavy atom. The van der Waals surface area contributed by atoms with E-state index in [1.807, 2.05) is 13.0 Å². The summed E-state index contributed by atoms with van der Waals surface area (Å²) in [5, 5.41) is 14.5. The van der Waals surface area contributed by atoms with Gasteiger partial charge in [-0.3, -0.25) is 9.78 Å². The molecule has 144 valence electrons. The van der Waals surface area contributed by atoms with Gasteiger partial charge in [0.05, 0.1) is 36.0 Å². The number of amides is 1. The van der Waals surface area contributed by atoms with Gasteiger partial charge in [-0.2, -0.15) is 5.10 Å². The van der Waals surface area contributed by atoms with Gasteiger partial charge in [-0.1, -0.05) is 0 Å². The average Bonchev–Trinajstić information content (AvgIpc) is 2.69. The summed E-state index contributed by atoms with van der Waals surface area (Å²) >= 11 is 3.25. The number of benzene rings is 2. The number of carbonyl (C=O) groups is 1. The maximum Gasteiger partial charge on any atom is 0.272 e. The number of ether oxygens (including phenoxy) is 2. The lowest BCUT2D eigenvalue weighted by atomic mass is 10.1. The number of nitrogens with one attached hydrogen (secondary N) is 1. The van der Waals surface area contributed by atoms with Gasteiger partial charge in [0.15, 0.2) is 11.5 Å². The van der Waals surface area contributed by atoms with Crippen molar-refractivity contribution in [1.82, 2.24) is 10.4 Å². The van der Waals surface area contributed by atoms with Gasteiger partial charge in [0.1, 0.15) is 5.75 Å². The van der Waals surface area contributed by atoms with Crippen LogP contribution in [0, 0.1) is 6.92 Å². The topological polar surface area (TPSA) is 93.0 Å². The maximum absolute atomic E-state index is 12.7. The molecule has 0 radical (unpaired) electrons. The zero-order valence-electron chi connectivity index (χ0n) is 15.5. The maximum atomic E-state index is 12.7. The predicted octanol–water partition coefficient (Wildman–Crippen LogP) is 3.79. The van der Waals surface area contributed by atoms with E-state index in [0.717, 1.165) is 5.69 Å². The summed E-state index contributed by atoms with van der Waals surface area (Å²) in [6.45, 7) is 1.82. The number of nitrogens with zero attached hydrogens (tertiary/aromatic N) is 2. The molecule has 0 aliphatic heterocycles. The molecule has 2 aromatic carbocycles. The van der Waals surface area contributed by atoms with E-state index in [2.05, 4.69) is 31.4 Å². The van der Waals surface area contributed by atoms with Crippen LogP contribution in [0.3, 0.4) is 0 Å². The van der Waals surface area contributed by atoms with Crippen LogP contribution in [0.5, 0.6) is 17.2 Å². The first-order valence-electron chi connectivity index (χ1n) is 8.28. The van der Waals surface area contributed by atoms with Crippen LogP contribution in [0.4, 0.5) is 0 Å². The quantitative estimate of drug-likeness (QED) is 0.462. The van der Waals surface area contributed by atoms with E-state index in [4.69, 9.17) is 9.47 Å². The van der Waals surface area contributed by atoms with E-state index in [-0.39, 0.29) is 11.7 Å². The number of methoxy groups -OCH3 is 2. The number of hydrogen-bond acceptors (Lipinski definition) is 6. The minimum Gasteiger partial charge on any atom is -0.503 e. The zero-order valence-corrected chi connectivity index (χ0v) is 17.1. The molecule has 3 rings (SSSR count). The van der Waals surface area contributed by atoms with Crippen LogP contribution < -0.4 is 14.9 Å². The number of phenols is 1. The summed E-state index contributed by atoms with van der Waals surface area (Å²) in [6, 6.07) is 10.3. The molecule has 0 saturated carbocycles. The molecule has 8 heteroatoms. The predicted molar refractivity (Wildman–Crippen MR) is 110 cm³/mol. The Morgan fingerprint density at radius 1 is 1.21 bits per heavy atom. The Bertz CT molecular complexity index is 1080. The van der Waals surface area contributed by atoms with Crippen LogP contribution >= 0.6 is 15.9 Å². The fraction of sp³-hybridized carbons (Fsp3) is 0.150. The van der Waals surface area contributed by atoms with E-state index in [1.54, 1.807) is 37.4 Å². The fourth-order valence-electron chi connectivity index (χ4n) is 2.70. The first kappa shape index (κ1) is 19.6. The first-order valence-corrected chi connectivity index (χ1v) is 9.07. The third-order valence-electron chi connectivity index (χ3n) is 4.04. The summed E-state index contributed by atoms with van der Waals surface area (Å²) in [6.07, 6.45) is 1.46. The van der Waals surface area contributed by atoms with Crippen molar-refractivity contribution in [2.45, 2.75) is 6.92 Å². The van der Waals surface area contributed by atoms with E-state index >= 15 is 0 Å². The van der Waals surface area contributed by atoms with E-state index in [9.17, 15) is 9.90 Å². The number of hydrogen-bond donors (Lipinski definition) is 2. The smallest absolute Gasteiger partial charge is 0.272 e. The van der Waals surface area contributed by atoms with Crippen molar-refractivity contribution in [2.75, 3.05) is 14.2 Å². The second-order valence-corrected chi connectivity index (χ2v) is 6.80. The second-order valence-electron chi connectivity index (χ2n) is 5.95. The normalized spacial score (nSPS) is 11.0. The summed E-state index contributed by atoms with van der Waals surface area (Å²) in [5.41, 5.74) is 5.02. The molecule has 1 amide bonds. The number of rotatable bonds is 5. The number of aryl methyl sites for hydroxylation is 1. The van der Waals surface area contributed by atoms with Crippen LogP contribution in [-0.4, -0.2) is 36.4 Å². The largest absolute Gasteiger partial charge is 0.503 e. The number of hydrazone groups is 1. The highest BCUT2D eigenvalue weighted by Gasteiger charge is 2.13. The third kappa shape index (κ3) is 4.07. The van der Waals surface area contributed by atoms with Gasteiger partial charge in [0.2, 0.25) is 0 Å². The van der Waals surface area contributed by atoms with E-state index in [1.165, 1.54) is 13.3 Å². The second kappa shape index (κ2) is 8.26. The molecular formula is C20H18BrN3O4. The van der Waals surface area contributed by atoms with Gasteiger partial charge in [-0.25, -0.2) is 5.43 Å². The van der Waals surface area contributed by atoms with Gasteiger partial charge in [-0.05, 0) is 64.8 Å². The number of halogens is 1. The van der Waals surface area contributed by atoms with Crippen LogP contribution in [0.25, 0.3) is 10.9 Å². The zero-order chi connectivity index (χ0) is 20.3. The van der Waals surface area contributed by atoms with Gasteiger partial charge >= 0.3 is 0 Å². The monoisotopic (exact) mass is 443 g/mol. The molecule has 0 atom stereocenters. The fourth-order valence-corrected chi connectivity index (χ4v) is 3.16. The molecule has 0 bridgehead atoms. The van der Waals surface area contributed by atoms with Crippen molar-refractivity contribution in [1.29, 1.82) is 0 Å². The molecule has 0 aliphatic rings. The molecule has 3 aromatic rings. The van der Waals surface area contributed by atoms with Gasteiger partial charge < -0.3 is 14.6 Å². The van der Waals surface area contributed by atoms with Crippen LogP contribution in [0.15, 0.2) is 46.0 Å². The molecule has 0 spiro atoms. The Morgan fingerprint density at radius 2 is 2.00 bits per heavy atom. The molecule has 1 heterocycles. The molecule has 28 heavy (non-hydrogen) atoms. The van der Waals surface area contributed by atoms with Crippen LogP contribution in [-0.2, 0) is 0 Å². The molecule has 7 nitrogen and oxygen atoms in total. The van der Waals surface area contributed by atoms with Crippen molar-refractivity contribution in [3.63, 3.8) is 0 Å². The summed E-state index contributed by atoms with van der Waals surface area (Å²) in [5.74, 6) is 0.558. The Hall–Kier alpha value is -3.13. The number of pyridine rings is 1. The third-order valence-corrected chi connectivity index (χ3v) is 4.64.